The number of nitrogens with one attached hydrogen (secondary N) is 1. The van der Waals surface area contributed by atoms with E-state index in [2.05, 4.69) is 11.4 Å². The lowest BCUT2D eigenvalue weighted by Gasteiger charge is -2.31. The van der Waals surface area contributed by atoms with Gasteiger partial charge in [-0.25, -0.2) is 0 Å². The van der Waals surface area contributed by atoms with Crippen molar-refractivity contribution in [3.05, 3.63) is 51.2 Å². The fraction of sp³-hybridized carbons (Fsp3) is 0.429. The Morgan fingerprint density at radius 2 is 2.07 bits per heavy atom. The predicted octanol–water partition coefficient (Wildman–Crippen LogP) is 4.15. The number of amides is 2. The molecule has 1 aromatic heterocycles. The number of halogens is 1. The zero-order valence-corrected chi connectivity index (χ0v) is 17.7. The SMILES string of the molecule is CC(=O)N1CCC(Oc2ccc(Cl)cc2C(=O)N[C@H](C)Cc2cccs2)CC1. The molecule has 1 N–H and O–H groups in total. The van der Waals surface area contributed by atoms with Gasteiger partial charge in [-0.1, -0.05) is 17.7 Å². The monoisotopic (exact) mass is 420 g/mol. The molecule has 1 fully saturated rings. The first kappa shape index (κ1) is 20.7. The second-order valence-corrected chi connectivity index (χ2v) is 8.59. The van der Waals surface area contributed by atoms with E-state index in [0.29, 0.717) is 29.4 Å². The number of piperidine rings is 1. The molecule has 2 amide bonds. The average Bonchev–Trinajstić information content (AvgIpc) is 3.16. The van der Waals surface area contributed by atoms with Crippen molar-refractivity contribution in [3.8, 4) is 5.75 Å². The van der Waals surface area contributed by atoms with Crippen LogP contribution in [0, 0.1) is 0 Å². The third-order valence-corrected chi connectivity index (χ3v) is 5.97. The van der Waals surface area contributed by atoms with Crippen molar-refractivity contribution < 1.29 is 14.3 Å². The number of carbonyl (C=O) groups excluding carboxylic acids is 2. The predicted molar refractivity (Wildman–Crippen MR) is 112 cm³/mol. The summed E-state index contributed by atoms with van der Waals surface area (Å²) in [5.41, 5.74) is 0.444. The number of thiophene rings is 1. The van der Waals surface area contributed by atoms with Crippen molar-refractivity contribution in [1.82, 2.24) is 10.2 Å². The fourth-order valence-electron chi connectivity index (χ4n) is 3.33. The summed E-state index contributed by atoms with van der Waals surface area (Å²) in [6.45, 7) is 4.92. The Morgan fingerprint density at radius 1 is 1.32 bits per heavy atom. The molecule has 3 rings (SSSR count). The van der Waals surface area contributed by atoms with E-state index in [0.717, 1.165) is 19.3 Å². The molecule has 0 radical (unpaired) electrons. The molecule has 0 bridgehead atoms. The molecule has 5 nitrogen and oxygen atoms in total. The highest BCUT2D eigenvalue weighted by Crippen LogP contribution is 2.26. The summed E-state index contributed by atoms with van der Waals surface area (Å²) in [7, 11) is 0. The second kappa shape index (κ2) is 9.43. The topological polar surface area (TPSA) is 58.6 Å². The summed E-state index contributed by atoms with van der Waals surface area (Å²) in [5.74, 6) is 0.430. The van der Waals surface area contributed by atoms with Crippen LogP contribution in [-0.2, 0) is 11.2 Å². The smallest absolute Gasteiger partial charge is 0.255 e. The van der Waals surface area contributed by atoms with E-state index in [9.17, 15) is 9.59 Å². The van der Waals surface area contributed by atoms with Crippen LogP contribution in [0.5, 0.6) is 5.75 Å². The van der Waals surface area contributed by atoms with Gasteiger partial charge in [0.25, 0.3) is 5.91 Å². The molecule has 2 heterocycles. The maximum absolute atomic E-state index is 12.8. The molecular formula is C21H25ClN2O3S. The van der Waals surface area contributed by atoms with E-state index in [1.165, 1.54) is 4.88 Å². The van der Waals surface area contributed by atoms with Crippen molar-refractivity contribution in [3.63, 3.8) is 0 Å². The standard InChI is InChI=1S/C21H25ClN2O3S/c1-14(12-18-4-3-11-28-18)23-21(26)19-13-16(22)5-6-20(19)27-17-7-9-24(10-8-17)15(2)25/h3-6,11,13-14,17H,7-10,12H2,1-2H3,(H,23,26)/t14-/m1/s1. The van der Waals surface area contributed by atoms with Gasteiger partial charge in [0.1, 0.15) is 11.9 Å². The van der Waals surface area contributed by atoms with E-state index in [1.54, 1.807) is 36.5 Å². The normalized spacial score (nSPS) is 15.9. The number of hydrogen-bond donors (Lipinski definition) is 1. The molecule has 150 valence electrons. The Hall–Kier alpha value is -2.05. The van der Waals surface area contributed by atoms with Crippen LogP contribution in [-0.4, -0.2) is 41.9 Å². The number of ether oxygens (including phenoxy) is 1. The van der Waals surface area contributed by atoms with Crippen LogP contribution < -0.4 is 10.1 Å². The highest BCUT2D eigenvalue weighted by Gasteiger charge is 2.24. The number of hydrogen-bond acceptors (Lipinski definition) is 4. The molecule has 0 saturated carbocycles. The van der Waals surface area contributed by atoms with Crippen LogP contribution in [0.2, 0.25) is 5.02 Å². The fourth-order valence-corrected chi connectivity index (χ4v) is 4.34. The lowest BCUT2D eigenvalue weighted by molar-refractivity contribution is -0.130. The van der Waals surface area contributed by atoms with Gasteiger partial charge in [0.2, 0.25) is 5.91 Å². The molecule has 7 heteroatoms. The summed E-state index contributed by atoms with van der Waals surface area (Å²) in [6.07, 6.45) is 2.26. The maximum atomic E-state index is 12.8. The van der Waals surface area contributed by atoms with E-state index >= 15 is 0 Å². The average molecular weight is 421 g/mol. The third kappa shape index (κ3) is 5.49. The van der Waals surface area contributed by atoms with Gasteiger partial charge in [-0.3, -0.25) is 9.59 Å². The molecule has 28 heavy (non-hydrogen) atoms. The molecule has 1 atom stereocenters. The van der Waals surface area contributed by atoms with E-state index < -0.39 is 0 Å². The summed E-state index contributed by atoms with van der Waals surface area (Å²) in [5, 5.41) is 5.56. The number of rotatable bonds is 6. The summed E-state index contributed by atoms with van der Waals surface area (Å²) in [4.78, 5) is 27.4. The lowest BCUT2D eigenvalue weighted by atomic mass is 10.1. The minimum atomic E-state index is -0.192. The van der Waals surface area contributed by atoms with Gasteiger partial charge in [0.05, 0.1) is 5.56 Å². The number of carbonyl (C=O) groups is 2. The van der Waals surface area contributed by atoms with E-state index in [4.69, 9.17) is 16.3 Å². The van der Waals surface area contributed by atoms with Crippen LogP contribution in [0.25, 0.3) is 0 Å². The first-order chi connectivity index (χ1) is 13.4. The van der Waals surface area contributed by atoms with Gasteiger partial charge in [-0.15, -0.1) is 11.3 Å². The first-order valence-electron chi connectivity index (χ1n) is 9.47. The Kier molecular flexibility index (Phi) is 6.97. The molecule has 0 unspecified atom stereocenters. The Labute approximate surface area is 174 Å². The van der Waals surface area contributed by atoms with Gasteiger partial charge in [0.15, 0.2) is 0 Å². The second-order valence-electron chi connectivity index (χ2n) is 7.12. The molecular weight excluding hydrogens is 396 g/mol. The van der Waals surface area contributed by atoms with Gasteiger partial charge >= 0.3 is 0 Å². The largest absolute Gasteiger partial charge is 0.489 e. The maximum Gasteiger partial charge on any atom is 0.255 e. The number of nitrogens with zero attached hydrogens (tertiary/aromatic N) is 1. The van der Waals surface area contributed by atoms with Gasteiger partial charge < -0.3 is 15.0 Å². The summed E-state index contributed by atoms with van der Waals surface area (Å²) >= 11 is 7.81. The van der Waals surface area contributed by atoms with Crippen molar-refractivity contribution in [2.75, 3.05) is 13.1 Å². The Morgan fingerprint density at radius 3 is 2.71 bits per heavy atom. The van der Waals surface area contributed by atoms with E-state index in [1.807, 2.05) is 23.3 Å². The lowest BCUT2D eigenvalue weighted by Crippen LogP contribution is -2.41. The van der Waals surface area contributed by atoms with Gasteiger partial charge in [-0.2, -0.15) is 0 Å². The van der Waals surface area contributed by atoms with Crippen molar-refractivity contribution in [1.29, 1.82) is 0 Å². The highest BCUT2D eigenvalue weighted by molar-refractivity contribution is 7.09. The molecule has 0 spiro atoms. The van der Waals surface area contributed by atoms with Crippen LogP contribution >= 0.6 is 22.9 Å². The minimum Gasteiger partial charge on any atom is -0.489 e. The third-order valence-electron chi connectivity index (χ3n) is 4.83. The van der Waals surface area contributed by atoms with Crippen LogP contribution in [0.3, 0.4) is 0 Å². The van der Waals surface area contributed by atoms with Crippen LogP contribution in [0.15, 0.2) is 35.7 Å². The minimum absolute atomic E-state index is 0.00298. The molecule has 1 aliphatic rings. The van der Waals surface area contributed by atoms with Crippen molar-refractivity contribution in [2.45, 2.75) is 45.3 Å². The molecule has 1 saturated heterocycles. The molecule has 1 aliphatic heterocycles. The Bertz CT molecular complexity index is 817. The quantitative estimate of drug-likeness (QED) is 0.763. The number of benzene rings is 1. The van der Waals surface area contributed by atoms with Crippen molar-refractivity contribution >= 4 is 34.8 Å². The van der Waals surface area contributed by atoms with Crippen LogP contribution in [0.1, 0.15) is 41.9 Å². The zero-order chi connectivity index (χ0) is 20.1. The molecule has 2 aromatic rings. The Balaban J connectivity index is 1.65. The van der Waals surface area contributed by atoms with Gasteiger partial charge in [0, 0.05) is 55.2 Å². The summed E-state index contributed by atoms with van der Waals surface area (Å²) < 4.78 is 6.12. The number of likely N-dealkylation sites (tertiary alicyclic amines) is 1. The first-order valence-corrected chi connectivity index (χ1v) is 10.7. The van der Waals surface area contributed by atoms with E-state index in [-0.39, 0.29) is 24.0 Å². The molecule has 1 aromatic carbocycles. The highest BCUT2D eigenvalue weighted by atomic mass is 35.5. The molecule has 0 aliphatic carbocycles. The van der Waals surface area contributed by atoms with Gasteiger partial charge in [-0.05, 0) is 36.6 Å². The van der Waals surface area contributed by atoms with Crippen molar-refractivity contribution in [2.24, 2.45) is 0 Å². The van der Waals surface area contributed by atoms with Crippen LogP contribution in [0.4, 0.5) is 0 Å². The zero-order valence-electron chi connectivity index (χ0n) is 16.1. The summed E-state index contributed by atoms with van der Waals surface area (Å²) in [6, 6.07) is 9.20.